The van der Waals surface area contributed by atoms with E-state index in [0.717, 1.165) is 11.3 Å². The van der Waals surface area contributed by atoms with Crippen molar-refractivity contribution in [1.82, 2.24) is 4.98 Å². The molecule has 0 radical (unpaired) electrons. The van der Waals surface area contributed by atoms with Crippen LogP contribution < -0.4 is 5.56 Å². The van der Waals surface area contributed by atoms with Crippen molar-refractivity contribution in [3.05, 3.63) is 57.9 Å². The molecule has 0 bridgehead atoms. The highest BCUT2D eigenvalue weighted by molar-refractivity contribution is 5.59. The lowest BCUT2D eigenvalue weighted by Gasteiger charge is -2.16. The average Bonchev–Trinajstić information content (AvgIpc) is 2.37. The van der Waals surface area contributed by atoms with Crippen LogP contribution in [0.5, 0.6) is 0 Å². The predicted molar refractivity (Wildman–Crippen MR) is 81.8 cm³/mol. The summed E-state index contributed by atoms with van der Waals surface area (Å²) in [6.45, 7) is 7.51. The first-order valence-corrected chi connectivity index (χ1v) is 6.85. The Morgan fingerprint density at radius 2 is 1.65 bits per heavy atom. The molecular weight excluding hydrogens is 250 g/mol. The first kappa shape index (κ1) is 14.5. The second kappa shape index (κ2) is 5.25. The smallest absolute Gasteiger partial charge is 0.254 e. The molecule has 1 aromatic carbocycles. The van der Waals surface area contributed by atoms with Crippen molar-refractivity contribution in [3.63, 3.8) is 0 Å². The molecule has 1 heterocycles. The highest BCUT2D eigenvalue weighted by Crippen LogP contribution is 2.22. The quantitative estimate of drug-likeness (QED) is 0.899. The van der Waals surface area contributed by atoms with Crippen molar-refractivity contribution >= 4 is 0 Å². The molecule has 2 aromatic rings. The Kier molecular flexibility index (Phi) is 3.82. The molecule has 0 unspecified atom stereocenters. The van der Waals surface area contributed by atoms with Gasteiger partial charge in [-0.3, -0.25) is 4.79 Å². The van der Waals surface area contributed by atoms with Gasteiger partial charge in [0.05, 0.1) is 5.60 Å². The van der Waals surface area contributed by atoms with Crippen LogP contribution in [0, 0.1) is 0 Å². The second-order valence-corrected chi connectivity index (χ2v) is 5.95. The Morgan fingerprint density at radius 1 is 1.05 bits per heavy atom. The fourth-order valence-corrected chi connectivity index (χ4v) is 2.17. The lowest BCUT2D eigenvalue weighted by molar-refractivity contribution is 0.0771. The van der Waals surface area contributed by atoms with Crippen LogP contribution >= 0.6 is 0 Å². The van der Waals surface area contributed by atoms with E-state index in [4.69, 9.17) is 0 Å². The van der Waals surface area contributed by atoms with Crippen molar-refractivity contribution in [3.8, 4) is 11.3 Å². The van der Waals surface area contributed by atoms with Gasteiger partial charge in [0, 0.05) is 11.3 Å². The van der Waals surface area contributed by atoms with E-state index in [9.17, 15) is 9.90 Å². The first-order chi connectivity index (χ1) is 9.29. The van der Waals surface area contributed by atoms with Gasteiger partial charge in [0.1, 0.15) is 0 Å². The fraction of sp³-hybridized carbons (Fsp3) is 0.353. The summed E-state index contributed by atoms with van der Waals surface area (Å²) in [7, 11) is 0. The van der Waals surface area contributed by atoms with Crippen molar-refractivity contribution in [2.75, 3.05) is 0 Å². The number of aromatic nitrogens is 1. The number of nitrogens with one attached hydrogen (secondary N) is 1. The van der Waals surface area contributed by atoms with E-state index in [1.165, 1.54) is 5.56 Å². The summed E-state index contributed by atoms with van der Waals surface area (Å²) in [5.74, 6) is 0.487. The lowest BCUT2D eigenvalue weighted by atomic mass is 9.98. The minimum atomic E-state index is -1.13. The van der Waals surface area contributed by atoms with E-state index >= 15 is 0 Å². The Balaban J connectivity index is 2.39. The third kappa shape index (κ3) is 2.99. The molecule has 0 amide bonds. The van der Waals surface area contributed by atoms with Crippen molar-refractivity contribution < 1.29 is 5.11 Å². The number of aromatic amines is 1. The van der Waals surface area contributed by atoms with Crippen molar-refractivity contribution in [2.45, 2.75) is 39.2 Å². The van der Waals surface area contributed by atoms with E-state index in [2.05, 4.69) is 31.0 Å². The number of H-pyrrole nitrogens is 1. The van der Waals surface area contributed by atoms with Crippen LogP contribution in [0.25, 0.3) is 11.3 Å². The minimum Gasteiger partial charge on any atom is -0.386 e. The predicted octanol–water partition coefficient (Wildman–Crippen LogP) is 3.39. The van der Waals surface area contributed by atoms with Gasteiger partial charge in [-0.2, -0.15) is 0 Å². The molecule has 0 saturated heterocycles. The topological polar surface area (TPSA) is 53.1 Å². The molecule has 0 saturated carbocycles. The summed E-state index contributed by atoms with van der Waals surface area (Å²) in [6.07, 6.45) is 0. The number of hydrogen-bond donors (Lipinski definition) is 2. The fourth-order valence-electron chi connectivity index (χ4n) is 2.17. The molecule has 0 fully saturated rings. The number of aliphatic hydroxyl groups is 1. The van der Waals surface area contributed by atoms with Crippen LogP contribution in [-0.2, 0) is 5.60 Å². The summed E-state index contributed by atoms with van der Waals surface area (Å²) < 4.78 is 0. The molecule has 20 heavy (non-hydrogen) atoms. The molecular formula is C17H21NO2. The van der Waals surface area contributed by atoms with Crippen LogP contribution in [0.3, 0.4) is 0 Å². The van der Waals surface area contributed by atoms with Gasteiger partial charge in [-0.25, -0.2) is 0 Å². The zero-order valence-corrected chi connectivity index (χ0v) is 12.4. The summed E-state index contributed by atoms with van der Waals surface area (Å²) in [5.41, 5.74) is 1.99. The number of hydrogen-bond acceptors (Lipinski definition) is 2. The number of rotatable bonds is 3. The van der Waals surface area contributed by atoms with Gasteiger partial charge >= 0.3 is 0 Å². The van der Waals surface area contributed by atoms with Gasteiger partial charge in [-0.1, -0.05) is 38.1 Å². The molecule has 3 heteroatoms. The van der Waals surface area contributed by atoms with E-state index < -0.39 is 5.60 Å². The highest BCUT2D eigenvalue weighted by atomic mass is 16.3. The Labute approximate surface area is 119 Å². The van der Waals surface area contributed by atoms with Gasteiger partial charge in [0.2, 0.25) is 0 Å². The third-order valence-corrected chi connectivity index (χ3v) is 3.46. The van der Waals surface area contributed by atoms with Crippen LogP contribution in [0.2, 0.25) is 0 Å². The summed E-state index contributed by atoms with van der Waals surface area (Å²) in [5, 5.41) is 9.91. The van der Waals surface area contributed by atoms with Gasteiger partial charge in [0.25, 0.3) is 5.56 Å². The van der Waals surface area contributed by atoms with Gasteiger partial charge in [-0.15, -0.1) is 0 Å². The molecule has 0 aliphatic carbocycles. The van der Waals surface area contributed by atoms with Gasteiger partial charge in [-0.05, 0) is 43.0 Å². The van der Waals surface area contributed by atoms with Crippen LogP contribution in [0.4, 0.5) is 0 Å². The van der Waals surface area contributed by atoms with E-state index in [0.29, 0.717) is 11.5 Å². The lowest BCUT2D eigenvalue weighted by Crippen LogP contribution is -2.26. The van der Waals surface area contributed by atoms with Gasteiger partial charge in [0.15, 0.2) is 0 Å². The minimum absolute atomic E-state index is 0.247. The molecule has 0 aliphatic rings. The maximum Gasteiger partial charge on any atom is 0.254 e. The Bertz CT molecular complexity index is 646. The maximum atomic E-state index is 12.0. The zero-order chi connectivity index (χ0) is 14.9. The molecule has 0 spiro atoms. The average molecular weight is 271 g/mol. The Hall–Kier alpha value is -1.87. The standard InChI is InChI=1S/C17H21NO2/c1-11(2)12-5-7-13(8-6-12)15-10-9-14(16(19)18-15)17(3,4)20/h5-11,20H,1-4H3,(H,18,19). The first-order valence-electron chi connectivity index (χ1n) is 6.85. The molecule has 2 rings (SSSR count). The van der Waals surface area contributed by atoms with Crippen LogP contribution in [0.15, 0.2) is 41.2 Å². The van der Waals surface area contributed by atoms with Crippen LogP contribution in [0.1, 0.15) is 44.7 Å². The summed E-state index contributed by atoms with van der Waals surface area (Å²) >= 11 is 0. The zero-order valence-electron chi connectivity index (χ0n) is 12.4. The third-order valence-electron chi connectivity index (χ3n) is 3.46. The maximum absolute atomic E-state index is 12.0. The van der Waals surface area contributed by atoms with E-state index in [-0.39, 0.29) is 5.56 Å². The highest BCUT2D eigenvalue weighted by Gasteiger charge is 2.19. The van der Waals surface area contributed by atoms with E-state index in [1.807, 2.05) is 18.2 Å². The van der Waals surface area contributed by atoms with Gasteiger partial charge < -0.3 is 10.1 Å². The normalized spacial score (nSPS) is 11.9. The van der Waals surface area contributed by atoms with E-state index in [1.54, 1.807) is 19.9 Å². The summed E-state index contributed by atoms with van der Waals surface area (Å²) in [4.78, 5) is 14.9. The molecule has 2 N–H and O–H groups in total. The Morgan fingerprint density at radius 3 is 2.10 bits per heavy atom. The molecule has 0 atom stereocenters. The molecule has 106 valence electrons. The monoisotopic (exact) mass is 271 g/mol. The number of pyridine rings is 1. The summed E-state index contributed by atoms with van der Waals surface area (Å²) in [6, 6.07) is 11.7. The molecule has 0 aliphatic heterocycles. The largest absolute Gasteiger partial charge is 0.386 e. The SMILES string of the molecule is CC(C)c1ccc(-c2ccc(C(C)(C)O)c(=O)[nH]2)cc1. The molecule has 1 aromatic heterocycles. The van der Waals surface area contributed by atoms with Crippen molar-refractivity contribution in [1.29, 1.82) is 0 Å². The second-order valence-electron chi connectivity index (χ2n) is 5.95. The van der Waals surface area contributed by atoms with Crippen LogP contribution in [-0.4, -0.2) is 10.1 Å². The number of benzene rings is 1. The van der Waals surface area contributed by atoms with Crippen molar-refractivity contribution in [2.24, 2.45) is 0 Å². The molecule has 3 nitrogen and oxygen atoms in total.